The number of hydrogen-bond donors (Lipinski definition) is 3. The van der Waals surface area contributed by atoms with Gasteiger partial charge < -0.3 is 10.6 Å². The summed E-state index contributed by atoms with van der Waals surface area (Å²) in [6.45, 7) is 1.42. The van der Waals surface area contributed by atoms with Crippen molar-refractivity contribution in [3.05, 3.63) is 23.2 Å². The maximum absolute atomic E-state index is 12.0. The van der Waals surface area contributed by atoms with Crippen LogP contribution < -0.4 is 16.0 Å². The van der Waals surface area contributed by atoms with E-state index >= 15 is 0 Å². The van der Waals surface area contributed by atoms with Crippen LogP contribution in [0, 0.1) is 0 Å². The zero-order valence-corrected chi connectivity index (χ0v) is 11.9. The number of thioether (sulfide) groups is 1. The van der Waals surface area contributed by atoms with Crippen molar-refractivity contribution in [2.24, 2.45) is 0 Å². The Labute approximate surface area is 120 Å². The van der Waals surface area contributed by atoms with E-state index in [0.717, 1.165) is 11.6 Å². The molecule has 2 rings (SSSR count). The van der Waals surface area contributed by atoms with Crippen molar-refractivity contribution in [1.29, 1.82) is 0 Å². The molecule has 1 fully saturated rings. The summed E-state index contributed by atoms with van der Waals surface area (Å²) < 4.78 is 0. The highest BCUT2D eigenvalue weighted by Gasteiger charge is 2.23. The quantitative estimate of drug-likeness (QED) is 0.797. The fourth-order valence-corrected chi connectivity index (χ4v) is 2.79. The molecular weight excluding hydrogens is 286 g/mol. The minimum atomic E-state index is -0.203. The molecule has 1 aliphatic rings. The second-order valence-corrected chi connectivity index (χ2v) is 5.57. The first-order valence-corrected chi connectivity index (χ1v) is 7.28. The molecule has 1 saturated heterocycles. The molecule has 0 aromatic heterocycles. The molecule has 1 heterocycles. The van der Waals surface area contributed by atoms with Crippen LogP contribution >= 0.6 is 23.4 Å². The summed E-state index contributed by atoms with van der Waals surface area (Å²) in [5, 5.41) is 8.93. The van der Waals surface area contributed by atoms with Crippen LogP contribution in [0.5, 0.6) is 0 Å². The maximum atomic E-state index is 12.0. The third-order valence-corrected chi connectivity index (χ3v) is 3.85. The summed E-state index contributed by atoms with van der Waals surface area (Å²) in [5.74, 6) is 1.23. The predicted molar refractivity (Wildman–Crippen MR) is 78.6 cm³/mol. The van der Waals surface area contributed by atoms with Gasteiger partial charge in [-0.15, -0.1) is 11.8 Å². The molecule has 0 spiro atoms. The van der Waals surface area contributed by atoms with E-state index in [-0.39, 0.29) is 17.9 Å². The normalized spacial score (nSPS) is 18.1. The van der Waals surface area contributed by atoms with Crippen LogP contribution in [-0.2, 0) is 9.59 Å². The van der Waals surface area contributed by atoms with Crippen LogP contribution in [0.4, 0.5) is 11.4 Å². The molecule has 7 heteroatoms. The summed E-state index contributed by atoms with van der Waals surface area (Å²) in [5.41, 5.74) is 1.09. The van der Waals surface area contributed by atoms with Gasteiger partial charge in [-0.25, -0.2) is 0 Å². The van der Waals surface area contributed by atoms with Gasteiger partial charge in [0.2, 0.25) is 11.8 Å². The largest absolute Gasteiger partial charge is 0.326 e. The number of carbonyl (C=O) groups is 2. The lowest BCUT2D eigenvalue weighted by Gasteiger charge is -2.13. The van der Waals surface area contributed by atoms with Crippen molar-refractivity contribution in [2.75, 3.05) is 22.3 Å². The van der Waals surface area contributed by atoms with Crippen LogP contribution in [-0.4, -0.2) is 29.5 Å². The Kier molecular flexibility index (Phi) is 4.68. The highest BCUT2D eigenvalue weighted by Crippen LogP contribution is 2.26. The Hall–Kier alpha value is -1.24. The van der Waals surface area contributed by atoms with E-state index in [0.29, 0.717) is 16.4 Å². The predicted octanol–water partition coefficient (Wildman–Crippen LogP) is 1.90. The van der Waals surface area contributed by atoms with Gasteiger partial charge in [-0.3, -0.25) is 14.9 Å². The number of benzene rings is 1. The zero-order valence-electron chi connectivity index (χ0n) is 10.3. The van der Waals surface area contributed by atoms with Crippen molar-refractivity contribution >= 4 is 46.6 Å². The van der Waals surface area contributed by atoms with E-state index in [1.165, 1.54) is 6.92 Å². The molecule has 0 radical (unpaired) electrons. The molecule has 5 nitrogen and oxygen atoms in total. The fourth-order valence-electron chi connectivity index (χ4n) is 1.69. The third kappa shape index (κ3) is 3.86. The van der Waals surface area contributed by atoms with Gasteiger partial charge in [-0.1, -0.05) is 11.6 Å². The van der Waals surface area contributed by atoms with Crippen LogP contribution in [0.1, 0.15) is 6.92 Å². The van der Waals surface area contributed by atoms with E-state index < -0.39 is 0 Å². The van der Waals surface area contributed by atoms with Gasteiger partial charge in [0.25, 0.3) is 0 Å². The molecule has 0 bridgehead atoms. The molecule has 1 aromatic rings. The highest BCUT2D eigenvalue weighted by molar-refractivity contribution is 7.99. The van der Waals surface area contributed by atoms with Crippen molar-refractivity contribution in [2.45, 2.75) is 13.0 Å². The third-order valence-electron chi connectivity index (χ3n) is 2.58. The average molecular weight is 300 g/mol. The number of anilines is 2. The molecule has 0 saturated carbocycles. The summed E-state index contributed by atoms with van der Waals surface area (Å²) in [6.07, 6.45) is 0. The topological polar surface area (TPSA) is 70.2 Å². The van der Waals surface area contributed by atoms with E-state index in [2.05, 4.69) is 16.0 Å². The van der Waals surface area contributed by atoms with Gasteiger partial charge in [0.15, 0.2) is 0 Å². The van der Waals surface area contributed by atoms with Crippen LogP contribution in [0.25, 0.3) is 0 Å². The van der Waals surface area contributed by atoms with Crippen LogP contribution in [0.2, 0.25) is 5.02 Å². The maximum Gasteiger partial charge on any atom is 0.242 e. The number of rotatable bonds is 3. The van der Waals surface area contributed by atoms with Crippen molar-refractivity contribution in [1.82, 2.24) is 5.32 Å². The molecule has 0 aliphatic carbocycles. The van der Waals surface area contributed by atoms with E-state index in [1.807, 2.05) is 0 Å². The van der Waals surface area contributed by atoms with Gasteiger partial charge in [0.1, 0.15) is 0 Å². The second kappa shape index (κ2) is 6.27. The van der Waals surface area contributed by atoms with Crippen molar-refractivity contribution in [3.8, 4) is 0 Å². The lowest BCUT2D eigenvalue weighted by molar-refractivity contribution is -0.117. The van der Waals surface area contributed by atoms with Gasteiger partial charge in [0, 0.05) is 24.2 Å². The number of carbonyl (C=O) groups excluding carboxylic acids is 2. The molecule has 19 heavy (non-hydrogen) atoms. The second-order valence-electron chi connectivity index (χ2n) is 4.14. The first-order chi connectivity index (χ1) is 9.06. The Morgan fingerprint density at radius 1 is 1.42 bits per heavy atom. The van der Waals surface area contributed by atoms with E-state index in [9.17, 15) is 9.59 Å². The number of halogens is 1. The van der Waals surface area contributed by atoms with Gasteiger partial charge in [0.05, 0.1) is 16.8 Å². The van der Waals surface area contributed by atoms with Crippen LogP contribution in [0.15, 0.2) is 18.2 Å². The SMILES string of the molecule is CC(=O)Nc1ccc(Cl)c(NC(=O)C2CSCN2)c1. The number of hydrogen-bond acceptors (Lipinski definition) is 4. The monoisotopic (exact) mass is 299 g/mol. The molecule has 102 valence electrons. The molecule has 1 unspecified atom stereocenters. The van der Waals surface area contributed by atoms with Crippen molar-refractivity contribution < 1.29 is 9.59 Å². The van der Waals surface area contributed by atoms with Gasteiger partial charge in [-0.05, 0) is 18.2 Å². The molecule has 1 atom stereocenters. The Morgan fingerprint density at radius 2 is 2.21 bits per heavy atom. The number of amides is 2. The summed E-state index contributed by atoms with van der Waals surface area (Å²) in [7, 11) is 0. The van der Waals surface area contributed by atoms with Crippen molar-refractivity contribution in [3.63, 3.8) is 0 Å². The minimum absolute atomic E-state index is 0.119. The fraction of sp³-hybridized carbons (Fsp3) is 0.333. The molecule has 1 aromatic carbocycles. The first-order valence-electron chi connectivity index (χ1n) is 5.75. The smallest absolute Gasteiger partial charge is 0.242 e. The summed E-state index contributed by atoms with van der Waals surface area (Å²) >= 11 is 7.71. The zero-order chi connectivity index (χ0) is 13.8. The Bertz CT molecular complexity index is 504. The lowest BCUT2D eigenvalue weighted by atomic mass is 10.2. The van der Waals surface area contributed by atoms with Gasteiger partial charge in [-0.2, -0.15) is 0 Å². The number of nitrogens with one attached hydrogen (secondary N) is 3. The first kappa shape index (κ1) is 14.2. The molecule has 2 amide bonds. The molecular formula is C12H14ClN3O2S. The minimum Gasteiger partial charge on any atom is -0.326 e. The summed E-state index contributed by atoms with van der Waals surface area (Å²) in [6, 6.07) is 4.76. The highest BCUT2D eigenvalue weighted by atomic mass is 35.5. The van der Waals surface area contributed by atoms with Gasteiger partial charge >= 0.3 is 0 Å². The van der Waals surface area contributed by atoms with E-state index in [4.69, 9.17) is 11.6 Å². The van der Waals surface area contributed by atoms with Crippen LogP contribution in [0.3, 0.4) is 0 Å². The lowest BCUT2D eigenvalue weighted by Crippen LogP contribution is -2.37. The molecule has 3 N–H and O–H groups in total. The Balaban J connectivity index is 2.09. The average Bonchev–Trinajstić information content (AvgIpc) is 2.86. The van der Waals surface area contributed by atoms with E-state index in [1.54, 1.807) is 30.0 Å². The molecule has 1 aliphatic heterocycles. The standard InChI is InChI=1S/C12H14ClN3O2S/c1-7(17)15-8-2-3-9(13)10(4-8)16-12(18)11-5-19-6-14-11/h2-4,11,14H,5-6H2,1H3,(H,15,17)(H,16,18). The summed E-state index contributed by atoms with van der Waals surface area (Å²) in [4.78, 5) is 23.0. The Morgan fingerprint density at radius 3 is 2.84 bits per heavy atom.